The summed E-state index contributed by atoms with van der Waals surface area (Å²) in [6.45, 7) is 13.0. The van der Waals surface area contributed by atoms with Crippen LogP contribution in [0.5, 0.6) is 5.75 Å². The molecule has 3 saturated heterocycles. The van der Waals surface area contributed by atoms with E-state index in [2.05, 4.69) is 82.5 Å². The number of phenols is 1. The van der Waals surface area contributed by atoms with Crippen LogP contribution < -0.4 is 21.0 Å². The summed E-state index contributed by atoms with van der Waals surface area (Å²) in [6, 6.07) is 11.0. The molecule has 3 saturated carbocycles. The highest BCUT2D eigenvalue weighted by Gasteiger charge is 2.54. The number of nitrogens with zero attached hydrogens (tertiary/aromatic N) is 7. The number of amides is 4. The second kappa shape index (κ2) is 21.5. The Morgan fingerprint density at radius 2 is 1.74 bits per heavy atom. The van der Waals surface area contributed by atoms with Crippen LogP contribution in [0.2, 0.25) is 0 Å². The number of hydrazine groups is 1. The molecule has 18 heteroatoms. The van der Waals surface area contributed by atoms with Crippen molar-refractivity contribution in [2.75, 3.05) is 79.0 Å². The van der Waals surface area contributed by atoms with E-state index in [0.29, 0.717) is 31.0 Å². The van der Waals surface area contributed by atoms with Crippen molar-refractivity contribution in [3.05, 3.63) is 65.5 Å². The van der Waals surface area contributed by atoms with Crippen molar-refractivity contribution in [2.24, 2.45) is 29.1 Å². The number of anilines is 1. The number of rotatable bonds is 13. The number of aromatic hydroxyl groups is 1. The van der Waals surface area contributed by atoms with Crippen LogP contribution in [0.15, 0.2) is 48.7 Å². The van der Waals surface area contributed by atoms with Crippen molar-refractivity contribution in [3.63, 3.8) is 0 Å². The molecular formula is C60H80N10O8. The quantitative estimate of drug-likeness (QED) is 0.0996. The van der Waals surface area contributed by atoms with Crippen LogP contribution in [0, 0.1) is 29.1 Å². The lowest BCUT2D eigenvalue weighted by atomic mass is 9.84. The summed E-state index contributed by atoms with van der Waals surface area (Å²) in [4.78, 5) is 85.0. The standard InChI is InChI=1S/C60H80N10O8/c1-9-69-48-17-16-38-26-44(48)46(55(69)45-28-41(30-61-50(45)34(2)77-8)68-20-18-65(5)19-21-68)29-60(3,4)33-78-59(76)52-43-27-40(43)31-70(64-52)57(74)47(24-35-22-39(38)25-42(71)23-35)62-56(73)54(37-12-10-11-13-37)67(7)49(72)32-66(6)58(75)53-51(63-53)36-14-15-36/h16-17,22-23,25-26,28,30,34,36-37,40,43,47,51-54,63-64,71H,9-15,18-21,24,27,29,31-33H2,1-8H3,(H,62,73)/t34-,40-,43-,47-,51+,52-,53+,54-/m0/s1. The van der Waals surface area contributed by atoms with Crippen molar-refractivity contribution in [1.82, 2.24) is 45.3 Å². The predicted molar refractivity (Wildman–Crippen MR) is 297 cm³/mol. The van der Waals surface area contributed by atoms with E-state index < -0.39 is 41.3 Å². The molecule has 2 aromatic carbocycles. The number of pyridine rings is 1. The zero-order valence-corrected chi connectivity index (χ0v) is 46.8. The van der Waals surface area contributed by atoms with Crippen molar-refractivity contribution >= 4 is 46.2 Å². The molecule has 11 rings (SSSR count). The maximum Gasteiger partial charge on any atom is 0.325 e. The van der Waals surface area contributed by atoms with Gasteiger partial charge in [-0.3, -0.25) is 39.3 Å². The van der Waals surface area contributed by atoms with E-state index in [9.17, 15) is 19.5 Å². The molecule has 4 N–H and O–H groups in total. The van der Waals surface area contributed by atoms with Crippen molar-refractivity contribution < 1.29 is 38.6 Å². The Balaban J connectivity index is 0.971. The largest absolute Gasteiger partial charge is 0.508 e. The molecule has 78 heavy (non-hydrogen) atoms. The van der Waals surface area contributed by atoms with Crippen LogP contribution in [0.25, 0.3) is 33.3 Å². The molecule has 0 spiro atoms. The molecule has 418 valence electrons. The minimum Gasteiger partial charge on any atom is -0.508 e. The molecular weight excluding hydrogens is 989 g/mol. The first-order valence-corrected chi connectivity index (χ1v) is 28.7. The normalized spacial score (nSPS) is 26.2. The molecule has 4 aliphatic heterocycles. The van der Waals surface area contributed by atoms with E-state index in [0.717, 1.165) is 121 Å². The van der Waals surface area contributed by atoms with Gasteiger partial charge in [0, 0.05) is 94.8 Å². The summed E-state index contributed by atoms with van der Waals surface area (Å²) in [5, 5.41) is 20.5. The highest BCUT2D eigenvalue weighted by atomic mass is 16.5. The second-order valence-electron chi connectivity index (χ2n) is 24.6. The number of carbonyl (C=O) groups is 5. The Kier molecular flexibility index (Phi) is 14.9. The molecule has 8 atom stereocenters. The monoisotopic (exact) mass is 1070 g/mol. The number of benzene rings is 2. The number of carbonyl (C=O) groups excluding carboxylic acids is 5. The van der Waals surface area contributed by atoms with Gasteiger partial charge in [0.05, 0.1) is 42.5 Å². The lowest BCUT2D eigenvalue weighted by Crippen LogP contribution is -2.63. The zero-order chi connectivity index (χ0) is 54.9. The molecule has 4 aromatic rings. The molecule has 2 aromatic heterocycles. The summed E-state index contributed by atoms with van der Waals surface area (Å²) in [7, 11) is 7.12. The van der Waals surface area contributed by atoms with Crippen molar-refractivity contribution in [2.45, 2.75) is 128 Å². The highest BCUT2D eigenvalue weighted by molar-refractivity contribution is 5.97. The van der Waals surface area contributed by atoms with Gasteiger partial charge in [0.15, 0.2) is 0 Å². The number of likely N-dealkylation sites (N-methyl/N-ethyl adjacent to an activating group) is 3. The third-order valence-electron chi connectivity index (χ3n) is 18.2. The fourth-order valence-corrected chi connectivity index (χ4v) is 13.3. The maximum atomic E-state index is 15.2. The Hall–Kier alpha value is -6.08. The summed E-state index contributed by atoms with van der Waals surface area (Å²) >= 11 is 0. The summed E-state index contributed by atoms with van der Waals surface area (Å²) in [6.07, 6.45) is 8.43. The SMILES string of the molecule is CCn1c(-c2cc(N3CCN(C)CC3)cnc2[C@H](C)OC)c2c3cc(ccc31)-c1cc(O)cc(c1)C[C@H](NC(=O)[C@H](C1CCCC1)N(C)C(=O)CN(C)C(=O)[C@@H]1N[C@@H]1C1CC1)C(=O)N1C[C@@H]3C[C@@H]3[C@H](N1)C(=O)OCC(C)(C)C2. The first-order valence-electron chi connectivity index (χ1n) is 28.7. The van der Waals surface area contributed by atoms with Crippen LogP contribution in [0.1, 0.15) is 95.6 Å². The molecule has 7 aliphatic rings. The molecule has 0 unspecified atom stereocenters. The zero-order valence-electron chi connectivity index (χ0n) is 46.8. The number of nitrogens with one attached hydrogen (secondary N) is 3. The molecule has 3 aliphatic carbocycles. The topological polar surface area (TPSA) is 204 Å². The summed E-state index contributed by atoms with van der Waals surface area (Å²) in [5.74, 6) is -1.42. The van der Waals surface area contributed by atoms with E-state index in [1.807, 2.05) is 19.2 Å². The van der Waals surface area contributed by atoms with Crippen LogP contribution >= 0.6 is 0 Å². The molecule has 6 bridgehead atoms. The lowest BCUT2D eigenvalue weighted by Gasteiger charge is -2.37. The third kappa shape index (κ3) is 10.9. The van der Waals surface area contributed by atoms with Crippen LogP contribution in [-0.4, -0.2) is 168 Å². The fraction of sp³-hybridized carbons (Fsp3) is 0.600. The Morgan fingerprint density at radius 1 is 0.987 bits per heavy atom. The van der Waals surface area contributed by atoms with Gasteiger partial charge < -0.3 is 44.1 Å². The van der Waals surface area contributed by atoms with Crippen LogP contribution in [0.4, 0.5) is 5.69 Å². The number of fused-ring (bicyclic) bond motifs is 8. The number of esters is 1. The van der Waals surface area contributed by atoms with Gasteiger partial charge in [-0.15, -0.1) is 0 Å². The van der Waals surface area contributed by atoms with Gasteiger partial charge in [0.2, 0.25) is 17.7 Å². The van der Waals surface area contributed by atoms with E-state index >= 15 is 9.59 Å². The number of cyclic esters (lactones) is 1. The fourth-order valence-electron chi connectivity index (χ4n) is 13.3. The van der Waals surface area contributed by atoms with Gasteiger partial charge in [-0.1, -0.05) is 38.8 Å². The maximum absolute atomic E-state index is 15.2. The summed E-state index contributed by atoms with van der Waals surface area (Å²) < 4.78 is 14.7. The number of piperazine rings is 1. The van der Waals surface area contributed by atoms with Crippen LogP contribution in [-0.2, 0) is 52.8 Å². The minimum absolute atomic E-state index is 0.00472. The second-order valence-corrected chi connectivity index (χ2v) is 24.6. The van der Waals surface area contributed by atoms with Gasteiger partial charge in [-0.2, -0.15) is 0 Å². The number of aryl methyl sites for hydroxylation is 1. The molecule has 0 radical (unpaired) electrons. The minimum atomic E-state index is -1.16. The van der Waals surface area contributed by atoms with Gasteiger partial charge in [0.25, 0.3) is 5.91 Å². The van der Waals surface area contributed by atoms with Crippen molar-refractivity contribution in [1.29, 1.82) is 0 Å². The van der Waals surface area contributed by atoms with E-state index in [4.69, 9.17) is 14.5 Å². The van der Waals surface area contributed by atoms with Crippen molar-refractivity contribution in [3.8, 4) is 28.1 Å². The van der Waals surface area contributed by atoms with Gasteiger partial charge in [0.1, 0.15) is 29.9 Å². The smallest absolute Gasteiger partial charge is 0.325 e. The van der Waals surface area contributed by atoms with E-state index in [1.165, 1.54) is 14.8 Å². The predicted octanol–water partition coefficient (Wildman–Crippen LogP) is 5.29. The Bertz CT molecular complexity index is 2980. The first kappa shape index (κ1) is 53.9. The number of aromatic nitrogens is 2. The number of hydrogen-bond acceptors (Lipinski definition) is 13. The third-order valence-corrected chi connectivity index (χ3v) is 18.2. The van der Waals surface area contributed by atoms with E-state index in [1.54, 1.807) is 33.3 Å². The average Bonchev–Trinajstić information content (AvgIpc) is 4.51. The van der Waals surface area contributed by atoms with Gasteiger partial charge in [-0.25, -0.2) is 5.43 Å². The molecule has 4 amide bonds. The van der Waals surface area contributed by atoms with Gasteiger partial charge in [-0.05, 0) is 136 Å². The first-order chi connectivity index (χ1) is 37.4. The summed E-state index contributed by atoms with van der Waals surface area (Å²) in [5.41, 5.74) is 10.9. The van der Waals surface area contributed by atoms with Crippen LogP contribution in [0.3, 0.4) is 0 Å². The molecule has 6 heterocycles. The molecule has 18 nitrogen and oxygen atoms in total. The van der Waals surface area contributed by atoms with Gasteiger partial charge >= 0.3 is 5.97 Å². The number of phenolic OH excluding ortho intramolecular Hbond substituents is 1. The Morgan fingerprint density at radius 3 is 2.46 bits per heavy atom. The average molecular weight is 1070 g/mol. The number of hydrogen-bond donors (Lipinski definition) is 4. The number of ether oxygens (including phenoxy) is 2. The molecule has 6 fully saturated rings. The number of methoxy groups -OCH3 is 1. The van der Waals surface area contributed by atoms with E-state index in [-0.39, 0.29) is 73.1 Å². The highest BCUT2D eigenvalue weighted by Crippen LogP contribution is 2.47. The lowest BCUT2D eigenvalue weighted by molar-refractivity contribution is -0.156. The Labute approximate surface area is 458 Å².